The van der Waals surface area contributed by atoms with Crippen molar-refractivity contribution in [3.63, 3.8) is 0 Å². The lowest BCUT2D eigenvalue weighted by Crippen LogP contribution is -2.36. The Bertz CT molecular complexity index is 961. The number of amides is 1. The van der Waals surface area contributed by atoms with E-state index in [0.717, 1.165) is 36.6 Å². The average Bonchev–Trinajstić information content (AvgIpc) is 2.69. The fourth-order valence-electron chi connectivity index (χ4n) is 3.15. The quantitative estimate of drug-likeness (QED) is 0.574. The van der Waals surface area contributed by atoms with Crippen molar-refractivity contribution in [2.45, 2.75) is 43.0 Å². The van der Waals surface area contributed by atoms with E-state index in [1.165, 1.54) is 18.2 Å². The molecule has 9 heteroatoms. The number of carbonyl (C=O) groups is 1. The predicted molar refractivity (Wildman–Crippen MR) is 117 cm³/mol. The van der Waals surface area contributed by atoms with Crippen LogP contribution in [0.4, 0.5) is 5.69 Å². The smallest absolute Gasteiger partial charge is 0.262 e. The second-order valence-corrected chi connectivity index (χ2v) is 9.93. The van der Waals surface area contributed by atoms with Crippen LogP contribution in [0.3, 0.4) is 0 Å². The van der Waals surface area contributed by atoms with E-state index in [1.54, 1.807) is 12.1 Å². The molecule has 1 aliphatic rings. The molecule has 156 valence electrons. The summed E-state index contributed by atoms with van der Waals surface area (Å²) >= 11 is 9.51. The number of hydrogen-bond donors (Lipinski definition) is 2. The Hall–Kier alpha value is -1.61. The highest BCUT2D eigenvalue weighted by atomic mass is 79.9. The van der Waals surface area contributed by atoms with Gasteiger partial charge in [0.25, 0.3) is 5.91 Å². The monoisotopic (exact) mass is 500 g/mol. The van der Waals surface area contributed by atoms with Crippen LogP contribution in [0, 0.1) is 0 Å². The third-order valence-electron chi connectivity index (χ3n) is 4.63. The molecule has 0 heterocycles. The molecule has 2 aromatic rings. The first-order chi connectivity index (χ1) is 13.8. The number of ether oxygens (including phenoxy) is 1. The summed E-state index contributed by atoms with van der Waals surface area (Å²) in [5.74, 6) is -0.103. The predicted octanol–water partition coefficient (Wildman–Crippen LogP) is 4.73. The molecule has 0 unspecified atom stereocenters. The maximum Gasteiger partial charge on any atom is 0.262 e. The summed E-state index contributed by atoms with van der Waals surface area (Å²) in [6.07, 6.45) is 4.90. The van der Waals surface area contributed by atoms with Crippen molar-refractivity contribution in [1.29, 1.82) is 0 Å². The molecule has 6 nitrogen and oxygen atoms in total. The van der Waals surface area contributed by atoms with Crippen molar-refractivity contribution < 1.29 is 17.9 Å². The highest BCUT2D eigenvalue weighted by Crippen LogP contribution is 2.28. The van der Waals surface area contributed by atoms with Crippen LogP contribution < -0.4 is 14.8 Å². The molecule has 2 N–H and O–H groups in total. The van der Waals surface area contributed by atoms with Crippen LogP contribution in [-0.2, 0) is 14.8 Å². The number of hydrogen-bond acceptors (Lipinski definition) is 4. The summed E-state index contributed by atoms with van der Waals surface area (Å²) in [5, 5.41) is 2.84. The van der Waals surface area contributed by atoms with Crippen LogP contribution in [0.1, 0.15) is 32.1 Å². The molecule has 0 spiro atoms. The van der Waals surface area contributed by atoms with Crippen LogP contribution in [0.2, 0.25) is 5.02 Å². The molecule has 0 aromatic heterocycles. The molecule has 1 amide bonds. The molecule has 0 aliphatic heterocycles. The van der Waals surface area contributed by atoms with Crippen LogP contribution >= 0.6 is 27.5 Å². The van der Waals surface area contributed by atoms with E-state index in [9.17, 15) is 13.2 Å². The van der Waals surface area contributed by atoms with Gasteiger partial charge in [0.15, 0.2) is 6.61 Å². The lowest BCUT2D eigenvalue weighted by molar-refractivity contribution is -0.118. The molecule has 0 radical (unpaired) electrons. The average molecular weight is 502 g/mol. The van der Waals surface area contributed by atoms with E-state index in [-0.39, 0.29) is 34.2 Å². The number of anilines is 1. The molecular weight excluding hydrogens is 480 g/mol. The minimum absolute atomic E-state index is 0.0363. The van der Waals surface area contributed by atoms with Crippen molar-refractivity contribution in [2.24, 2.45) is 0 Å². The molecule has 0 saturated heterocycles. The van der Waals surface area contributed by atoms with Gasteiger partial charge in [-0.05, 0) is 55.3 Å². The number of benzene rings is 2. The minimum Gasteiger partial charge on any atom is -0.482 e. The van der Waals surface area contributed by atoms with Gasteiger partial charge in [0.1, 0.15) is 5.75 Å². The maximum absolute atomic E-state index is 12.6. The number of halogens is 2. The fraction of sp³-hybridized carbons (Fsp3) is 0.350. The summed E-state index contributed by atoms with van der Waals surface area (Å²) in [4.78, 5) is 12.1. The molecule has 3 rings (SSSR count). The Labute approximate surface area is 184 Å². The highest BCUT2D eigenvalue weighted by Gasteiger charge is 2.22. The zero-order valence-corrected chi connectivity index (χ0v) is 18.8. The summed E-state index contributed by atoms with van der Waals surface area (Å²) in [6.45, 7) is -0.248. The van der Waals surface area contributed by atoms with Gasteiger partial charge in [-0.2, -0.15) is 0 Å². The molecule has 0 bridgehead atoms. The van der Waals surface area contributed by atoms with Gasteiger partial charge in [0.05, 0.1) is 9.92 Å². The number of sulfonamides is 1. The normalized spacial score (nSPS) is 15.1. The van der Waals surface area contributed by atoms with E-state index in [4.69, 9.17) is 16.3 Å². The highest BCUT2D eigenvalue weighted by molar-refractivity contribution is 9.10. The van der Waals surface area contributed by atoms with Crippen LogP contribution in [-0.4, -0.2) is 27.0 Å². The Morgan fingerprint density at radius 2 is 1.79 bits per heavy atom. The molecule has 1 saturated carbocycles. The largest absolute Gasteiger partial charge is 0.482 e. The second-order valence-electron chi connectivity index (χ2n) is 6.89. The molecule has 1 fully saturated rings. The Balaban J connectivity index is 1.58. The zero-order chi connectivity index (χ0) is 20.9. The minimum atomic E-state index is -3.65. The molecular formula is C20H22BrClN2O4S. The Morgan fingerprint density at radius 3 is 2.45 bits per heavy atom. The first-order valence-corrected chi connectivity index (χ1v) is 12.0. The Kier molecular flexibility index (Phi) is 7.56. The van der Waals surface area contributed by atoms with Gasteiger partial charge in [0.2, 0.25) is 10.0 Å². The van der Waals surface area contributed by atoms with Gasteiger partial charge < -0.3 is 10.1 Å². The molecule has 1 aliphatic carbocycles. The van der Waals surface area contributed by atoms with E-state index in [0.29, 0.717) is 5.69 Å². The fourth-order valence-corrected chi connectivity index (χ4v) is 5.04. The third-order valence-corrected chi connectivity index (χ3v) is 6.97. The van der Waals surface area contributed by atoms with Crippen LogP contribution in [0.15, 0.2) is 51.8 Å². The second kappa shape index (κ2) is 9.93. The van der Waals surface area contributed by atoms with Crippen LogP contribution in [0.25, 0.3) is 0 Å². The van der Waals surface area contributed by atoms with Crippen molar-refractivity contribution >= 4 is 49.1 Å². The lowest BCUT2D eigenvalue weighted by Gasteiger charge is -2.22. The topological polar surface area (TPSA) is 84.5 Å². The van der Waals surface area contributed by atoms with Gasteiger partial charge in [-0.1, -0.05) is 46.8 Å². The van der Waals surface area contributed by atoms with Gasteiger partial charge in [-0.3, -0.25) is 4.79 Å². The van der Waals surface area contributed by atoms with Gasteiger partial charge in [0, 0.05) is 16.2 Å². The molecule has 2 aromatic carbocycles. The van der Waals surface area contributed by atoms with E-state index < -0.39 is 10.0 Å². The summed E-state index contributed by atoms with van der Waals surface area (Å²) in [7, 11) is -3.65. The number of carbonyl (C=O) groups excluding carboxylic acids is 1. The number of rotatable bonds is 7. The van der Waals surface area contributed by atoms with Crippen molar-refractivity contribution in [2.75, 3.05) is 11.9 Å². The summed E-state index contributed by atoms with van der Waals surface area (Å²) < 4.78 is 34.3. The molecule has 29 heavy (non-hydrogen) atoms. The SMILES string of the molecule is O=C(COc1ccc(S(=O)(=O)NC2CCCCC2)cc1Cl)Nc1ccc(Br)cc1. The van der Waals surface area contributed by atoms with Gasteiger partial charge >= 0.3 is 0 Å². The van der Waals surface area contributed by atoms with Crippen molar-refractivity contribution in [1.82, 2.24) is 4.72 Å². The maximum atomic E-state index is 12.6. The summed E-state index contributed by atoms with van der Waals surface area (Å²) in [5.41, 5.74) is 0.642. The first kappa shape index (κ1) is 22.1. The van der Waals surface area contributed by atoms with Gasteiger partial charge in [-0.25, -0.2) is 13.1 Å². The van der Waals surface area contributed by atoms with Crippen molar-refractivity contribution in [3.8, 4) is 5.75 Å². The van der Waals surface area contributed by atoms with Crippen LogP contribution in [0.5, 0.6) is 5.75 Å². The summed E-state index contributed by atoms with van der Waals surface area (Å²) in [6, 6.07) is 11.3. The van der Waals surface area contributed by atoms with Crippen molar-refractivity contribution in [3.05, 3.63) is 52.0 Å². The first-order valence-electron chi connectivity index (χ1n) is 9.33. The standard InChI is InChI=1S/C20H22BrClN2O4S/c21-14-6-8-15(9-7-14)23-20(25)13-28-19-11-10-17(12-18(19)22)29(26,27)24-16-4-2-1-3-5-16/h6-12,16,24H,1-5,13H2,(H,23,25). The van der Waals surface area contributed by atoms with E-state index in [2.05, 4.69) is 26.0 Å². The van der Waals surface area contributed by atoms with E-state index >= 15 is 0 Å². The Morgan fingerprint density at radius 1 is 1.10 bits per heavy atom. The van der Waals surface area contributed by atoms with E-state index in [1.807, 2.05) is 12.1 Å². The molecule has 0 atom stereocenters. The lowest BCUT2D eigenvalue weighted by atomic mass is 9.96. The van der Waals surface area contributed by atoms with Gasteiger partial charge in [-0.15, -0.1) is 0 Å². The number of nitrogens with one attached hydrogen (secondary N) is 2. The zero-order valence-electron chi connectivity index (χ0n) is 15.7. The third kappa shape index (κ3) is 6.44.